The van der Waals surface area contributed by atoms with Gasteiger partial charge in [-0.25, -0.2) is 9.97 Å². The van der Waals surface area contributed by atoms with Crippen molar-refractivity contribution < 1.29 is 20.1 Å². The molecule has 0 saturated carbocycles. The van der Waals surface area contributed by atoms with Gasteiger partial charge in [0.15, 0.2) is 11.3 Å². The summed E-state index contributed by atoms with van der Waals surface area (Å²) in [7, 11) is 0. The van der Waals surface area contributed by atoms with Crippen LogP contribution in [0.1, 0.15) is 25.3 Å². The first-order valence-electron chi connectivity index (χ1n) is 8.09. The summed E-state index contributed by atoms with van der Waals surface area (Å²) in [6.07, 6.45) is 3.39. The third kappa shape index (κ3) is 2.27. The SMILES string of the molecule is CC(C)c1ccc2c(c1)c1ccc[c-]c1c1nc3nccnc3n21.[Ir]. The molecule has 0 N–H and O–H groups in total. The smallest absolute Gasteiger partial charge is 0.188 e. The first-order valence-corrected chi connectivity index (χ1v) is 8.09. The molecule has 0 aliphatic rings. The Morgan fingerprint density at radius 3 is 2.68 bits per heavy atom. The Balaban J connectivity index is 0.00000157. The van der Waals surface area contributed by atoms with E-state index in [1.807, 2.05) is 12.1 Å². The van der Waals surface area contributed by atoms with Crippen LogP contribution in [0, 0.1) is 6.07 Å². The van der Waals surface area contributed by atoms with Crippen molar-refractivity contribution in [1.29, 1.82) is 0 Å². The van der Waals surface area contributed by atoms with E-state index in [1.54, 1.807) is 12.4 Å². The monoisotopic (exact) mass is 504 g/mol. The van der Waals surface area contributed by atoms with E-state index < -0.39 is 0 Å². The number of rotatable bonds is 1. The number of aromatic nitrogens is 4. The molecule has 0 saturated heterocycles. The van der Waals surface area contributed by atoms with E-state index in [1.165, 1.54) is 10.9 Å². The van der Waals surface area contributed by atoms with Gasteiger partial charge in [-0.3, -0.25) is 4.98 Å². The third-order valence-corrected chi connectivity index (χ3v) is 4.59. The molecule has 4 nitrogen and oxygen atoms in total. The summed E-state index contributed by atoms with van der Waals surface area (Å²) in [5.74, 6) is 0.479. The maximum Gasteiger partial charge on any atom is 0.188 e. The van der Waals surface area contributed by atoms with Crippen LogP contribution in [0.2, 0.25) is 0 Å². The van der Waals surface area contributed by atoms with E-state index in [2.05, 4.69) is 58.5 Å². The number of pyridine rings is 1. The summed E-state index contributed by atoms with van der Waals surface area (Å²) in [5.41, 5.74) is 4.73. The largest absolute Gasteiger partial charge is 0.316 e. The van der Waals surface area contributed by atoms with Crippen molar-refractivity contribution in [3.8, 4) is 0 Å². The van der Waals surface area contributed by atoms with Crippen LogP contribution in [0.3, 0.4) is 0 Å². The molecule has 0 unspecified atom stereocenters. The average Bonchev–Trinajstić information content (AvgIpc) is 3.01. The molecule has 3 aromatic heterocycles. The molecule has 0 spiro atoms. The number of hydrogen-bond acceptors (Lipinski definition) is 3. The van der Waals surface area contributed by atoms with Crippen molar-refractivity contribution in [2.24, 2.45) is 0 Å². The van der Waals surface area contributed by atoms with E-state index in [0.717, 1.165) is 27.6 Å². The Bertz CT molecular complexity index is 1240. The second-order valence-corrected chi connectivity index (χ2v) is 6.36. The number of benzene rings is 2. The van der Waals surface area contributed by atoms with E-state index in [-0.39, 0.29) is 20.1 Å². The number of imidazole rings is 1. The Labute approximate surface area is 158 Å². The standard InChI is InChI=1S/C20H15N4.Ir/c1-12(2)13-7-8-17-16(11-13)14-5-3-4-6-15(14)19-23-18-20(24(17)19)22-10-9-21-18;/h3-5,7-12H,1-2H3;/q-1;. The number of hydrogen-bond donors (Lipinski definition) is 0. The van der Waals surface area contributed by atoms with Gasteiger partial charge >= 0.3 is 0 Å². The molecule has 0 atom stereocenters. The summed E-state index contributed by atoms with van der Waals surface area (Å²) in [5, 5.41) is 3.37. The third-order valence-electron chi connectivity index (χ3n) is 4.59. The van der Waals surface area contributed by atoms with Crippen molar-refractivity contribution in [2.45, 2.75) is 19.8 Å². The minimum atomic E-state index is 0. The molecule has 2 aromatic carbocycles. The van der Waals surface area contributed by atoms with Gasteiger partial charge in [-0.05, 0) is 22.9 Å². The van der Waals surface area contributed by atoms with Gasteiger partial charge in [-0.2, -0.15) is 0 Å². The van der Waals surface area contributed by atoms with Crippen LogP contribution < -0.4 is 0 Å². The normalized spacial score (nSPS) is 11.6. The minimum Gasteiger partial charge on any atom is -0.316 e. The fourth-order valence-electron chi connectivity index (χ4n) is 3.38. The second kappa shape index (κ2) is 5.87. The van der Waals surface area contributed by atoms with Crippen LogP contribution >= 0.6 is 0 Å². The molecule has 5 rings (SSSR count). The molecule has 125 valence electrons. The Kier molecular flexibility index (Phi) is 3.78. The molecule has 5 aromatic rings. The van der Waals surface area contributed by atoms with Gasteiger partial charge in [0.1, 0.15) is 0 Å². The van der Waals surface area contributed by atoms with Crippen LogP contribution in [0.25, 0.3) is 38.6 Å². The summed E-state index contributed by atoms with van der Waals surface area (Å²) in [4.78, 5) is 13.6. The Hall–Kier alpha value is -2.36. The predicted octanol–water partition coefficient (Wildman–Crippen LogP) is 4.50. The topological polar surface area (TPSA) is 43.1 Å². The fraction of sp³-hybridized carbons (Fsp3) is 0.150. The number of fused-ring (bicyclic) bond motifs is 8. The van der Waals surface area contributed by atoms with Crippen LogP contribution in [0.15, 0.2) is 48.8 Å². The molecule has 3 heterocycles. The van der Waals surface area contributed by atoms with Crippen molar-refractivity contribution in [3.05, 3.63) is 60.4 Å². The Morgan fingerprint density at radius 2 is 1.84 bits per heavy atom. The summed E-state index contributed by atoms with van der Waals surface area (Å²) in [6, 6.07) is 16.1. The van der Waals surface area contributed by atoms with E-state index >= 15 is 0 Å². The second-order valence-electron chi connectivity index (χ2n) is 6.36. The first-order chi connectivity index (χ1) is 11.7. The summed E-state index contributed by atoms with van der Waals surface area (Å²) >= 11 is 0. The number of nitrogens with zero attached hydrogens (tertiary/aromatic N) is 4. The average molecular weight is 504 g/mol. The predicted molar refractivity (Wildman–Crippen MR) is 96.2 cm³/mol. The van der Waals surface area contributed by atoms with Crippen LogP contribution in [0.4, 0.5) is 0 Å². The Morgan fingerprint density at radius 1 is 1.00 bits per heavy atom. The maximum atomic E-state index is 4.71. The fourth-order valence-corrected chi connectivity index (χ4v) is 3.38. The van der Waals surface area contributed by atoms with Gasteiger partial charge in [0.25, 0.3) is 0 Å². The molecule has 0 fully saturated rings. The van der Waals surface area contributed by atoms with Crippen LogP contribution in [0.5, 0.6) is 0 Å². The van der Waals surface area contributed by atoms with Gasteiger partial charge in [-0.1, -0.05) is 31.4 Å². The molecule has 1 radical (unpaired) electrons. The van der Waals surface area contributed by atoms with Gasteiger partial charge in [0.05, 0.1) is 5.65 Å². The zero-order valence-electron chi connectivity index (χ0n) is 13.8. The molecule has 0 aliphatic heterocycles. The molecule has 25 heavy (non-hydrogen) atoms. The van der Waals surface area contributed by atoms with Gasteiger partial charge < -0.3 is 4.40 Å². The van der Waals surface area contributed by atoms with Crippen molar-refractivity contribution >= 4 is 38.6 Å². The summed E-state index contributed by atoms with van der Waals surface area (Å²) < 4.78 is 2.10. The van der Waals surface area contributed by atoms with Crippen molar-refractivity contribution in [2.75, 3.05) is 0 Å². The van der Waals surface area contributed by atoms with Gasteiger partial charge in [0, 0.05) is 38.0 Å². The molecule has 5 heteroatoms. The minimum absolute atomic E-state index is 0. The van der Waals surface area contributed by atoms with Crippen LogP contribution in [-0.4, -0.2) is 19.4 Å². The van der Waals surface area contributed by atoms with Crippen molar-refractivity contribution in [3.63, 3.8) is 0 Å². The quantitative estimate of drug-likeness (QED) is 0.250. The zero-order chi connectivity index (χ0) is 16.3. The molecular weight excluding hydrogens is 488 g/mol. The molecule has 0 bridgehead atoms. The van der Waals surface area contributed by atoms with Crippen LogP contribution in [-0.2, 0) is 20.1 Å². The molecule has 0 aliphatic carbocycles. The van der Waals surface area contributed by atoms with Crippen molar-refractivity contribution in [1.82, 2.24) is 19.4 Å². The van der Waals surface area contributed by atoms with E-state index in [9.17, 15) is 0 Å². The van der Waals surface area contributed by atoms with E-state index in [0.29, 0.717) is 11.6 Å². The van der Waals surface area contributed by atoms with Gasteiger partial charge in [0.2, 0.25) is 0 Å². The zero-order valence-corrected chi connectivity index (χ0v) is 16.2. The molecule has 0 amide bonds. The van der Waals surface area contributed by atoms with E-state index in [4.69, 9.17) is 4.98 Å². The molecular formula is C20H15IrN4-. The van der Waals surface area contributed by atoms with Gasteiger partial charge in [-0.15, -0.1) is 29.7 Å². The maximum absolute atomic E-state index is 4.71. The first kappa shape index (κ1) is 16.1. The summed E-state index contributed by atoms with van der Waals surface area (Å²) in [6.45, 7) is 4.43.